The van der Waals surface area contributed by atoms with Crippen LogP contribution in [0.15, 0.2) is 0 Å². The molecule has 0 spiro atoms. The van der Waals surface area contributed by atoms with Gasteiger partial charge in [-0.05, 0) is 207 Å². The molecular formula is C92H189B3O14PSi5. The fraction of sp³-hybridized carbons (Fsp3) is 0.935. The van der Waals surface area contributed by atoms with E-state index in [-0.39, 0.29) is 142 Å². The van der Waals surface area contributed by atoms with Crippen LogP contribution in [0.4, 0.5) is 0 Å². The van der Waals surface area contributed by atoms with Crippen LogP contribution in [0, 0.1) is 35.5 Å². The number of carbonyl (C=O) groups is 6. The molecule has 8 aliphatic carbocycles. The van der Waals surface area contributed by atoms with Gasteiger partial charge < -0.3 is 39.2 Å². The van der Waals surface area contributed by atoms with E-state index in [2.05, 4.69) is 105 Å². The summed E-state index contributed by atoms with van der Waals surface area (Å²) in [5, 5.41) is 36.8. The van der Waals surface area contributed by atoms with E-state index in [4.69, 9.17) is 24.4 Å². The maximum atomic E-state index is 13.0. The van der Waals surface area contributed by atoms with Gasteiger partial charge in [-0.2, -0.15) is 0 Å². The van der Waals surface area contributed by atoms with Crippen LogP contribution in [-0.4, -0.2) is 152 Å². The van der Waals surface area contributed by atoms with Crippen molar-refractivity contribution in [1.82, 2.24) is 0 Å². The predicted molar refractivity (Wildman–Crippen MR) is 513 cm³/mol. The van der Waals surface area contributed by atoms with E-state index in [1.807, 2.05) is 9.47 Å². The number of hydrogen-bond donors (Lipinski definition) is 4. The molecule has 0 amide bonds. The van der Waals surface area contributed by atoms with Crippen molar-refractivity contribution in [2.45, 2.75) is 513 Å². The monoisotopic (exact) mass is 1730 g/mol. The zero-order valence-electron chi connectivity index (χ0n) is 74.7. The smallest absolute Gasteiger partial charge is 0.311 e. The average molecular weight is 1730 g/mol. The number of unbranched alkanes of at least 4 members (excludes halogenated alkanes) is 10. The molecule has 8 rings (SSSR count). The van der Waals surface area contributed by atoms with Crippen LogP contribution in [0.25, 0.3) is 0 Å². The third-order valence-electron chi connectivity index (χ3n) is 29.2. The lowest BCUT2D eigenvalue weighted by atomic mass is 9.82. The first kappa shape index (κ1) is 118. The molecule has 115 heavy (non-hydrogen) atoms. The SMILES string of the molecule is C.C.C.CCCCC[Si](C)(C)C1CCC(O)CC1.CCCCC[Si](C)(C)C1CCC(O)CC1.CCCCC[Si](C)(C)C1CCC(OC(=O)C2CCC(C(=O)O)CC2)CC1.CCCCC[Si](C)(C)C1CCC(OC(=O)C2CCC(C(=O)OC3CCC([Si](C)(C)CCCCC)CC3)CC2)CC1.O=C(O)C1CCC(C(=O)OP)CC1.[2HH].[2HH].[2HH].[B].[B].[B]. The molecule has 1 atom stereocenters. The molecule has 8 aliphatic rings. The topological polar surface area (TPSA) is 220 Å². The lowest BCUT2D eigenvalue weighted by molar-refractivity contribution is -0.162. The van der Waals surface area contributed by atoms with E-state index in [1.165, 1.54) is 191 Å². The fourth-order valence-electron chi connectivity index (χ4n) is 20.4. The van der Waals surface area contributed by atoms with Gasteiger partial charge in [0.15, 0.2) is 0 Å². The molecule has 9 radical (unpaired) electrons. The lowest BCUT2D eigenvalue weighted by Gasteiger charge is -2.38. The van der Waals surface area contributed by atoms with Gasteiger partial charge in [-0.3, -0.25) is 28.8 Å². The Hall–Kier alpha value is -1.55. The number of carbonyl (C=O) groups excluding carboxylic acids is 4. The number of esters is 3. The molecule has 8 saturated carbocycles. The maximum absolute atomic E-state index is 13.0. The maximum Gasteiger partial charge on any atom is 0.311 e. The molecule has 0 aromatic rings. The van der Waals surface area contributed by atoms with Crippen molar-refractivity contribution >= 4 is 111 Å². The predicted octanol–water partition coefficient (Wildman–Crippen LogP) is 27.0. The van der Waals surface area contributed by atoms with Gasteiger partial charge >= 0.3 is 35.8 Å². The molecular weight excluding hydrogens is 1530 g/mol. The molecule has 0 aromatic carbocycles. The van der Waals surface area contributed by atoms with Gasteiger partial charge in [-0.25, -0.2) is 0 Å². The second kappa shape index (κ2) is 61.7. The highest BCUT2D eigenvalue weighted by molar-refractivity contribution is 7.10. The fourth-order valence-corrected chi connectivity index (χ4v) is 37.9. The Morgan fingerprint density at radius 2 is 0.443 bits per heavy atom. The molecule has 675 valence electrons. The summed E-state index contributed by atoms with van der Waals surface area (Å²) in [4.78, 5) is 71.1. The van der Waals surface area contributed by atoms with E-state index < -0.39 is 52.3 Å². The van der Waals surface area contributed by atoms with Crippen molar-refractivity contribution in [1.29, 1.82) is 0 Å². The summed E-state index contributed by atoms with van der Waals surface area (Å²) in [6, 6.07) is 7.33. The van der Waals surface area contributed by atoms with Gasteiger partial charge in [0.25, 0.3) is 0 Å². The normalized spacial score (nSPS) is 27.7. The first-order valence-electron chi connectivity index (χ1n) is 46.0. The van der Waals surface area contributed by atoms with E-state index in [0.717, 1.165) is 118 Å². The third-order valence-corrected chi connectivity index (χ3v) is 51.6. The van der Waals surface area contributed by atoms with Crippen molar-refractivity contribution in [2.24, 2.45) is 35.5 Å². The minimum Gasteiger partial charge on any atom is -0.481 e. The highest BCUT2D eigenvalue weighted by Crippen LogP contribution is 2.47. The summed E-state index contributed by atoms with van der Waals surface area (Å²) < 4.78 is 22.4. The van der Waals surface area contributed by atoms with Crippen LogP contribution in [0.1, 0.15) is 363 Å². The molecule has 23 heteroatoms. The van der Waals surface area contributed by atoms with Crippen molar-refractivity contribution in [3.63, 3.8) is 0 Å². The summed E-state index contributed by atoms with van der Waals surface area (Å²) in [5.41, 5.74) is 4.61. The molecule has 8 fully saturated rings. The number of hydrogen-bond acceptors (Lipinski definition) is 12. The molecule has 0 saturated heterocycles. The van der Waals surface area contributed by atoms with Crippen LogP contribution >= 0.6 is 9.47 Å². The second-order valence-corrected chi connectivity index (χ2v) is 66.4. The molecule has 14 nitrogen and oxygen atoms in total. The van der Waals surface area contributed by atoms with Gasteiger partial charge in [-0.15, -0.1) is 0 Å². The van der Waals surface area contributed by atoms with Crippen molar-refractivity contribution in [2.75, 3.05) is 0 Å². The number of carboxylic acids is 2. The van der Waals surface area contributed by atoms with Crippen LogP contribution in [0.2, 0.25) is 123 Å². The first-order chi connectivity index (χ1) is 51.6. The Morgan fingerprint density at radius 3 is 0.609 bits per heavy atom. The number of aliphatic carboxylic acids is 2. The van der Waals surface area contributed by atoms with Crippen molar-refractivity contribution in [3.05, 3.63) is 0 Å². The summed E-state index contributed by atoms with van der Waals surface area (Å²) in [6.45, 7) is 37.0. The first-order valence-corrected chi connectivity index (χ1v) is 62.9. The lowest BCUT2D eigenvalue weighted by Crippen LogP contribution is -2.38. The van der Waals surface area contributed by atoms with Gasteiger partial charge in [-0.1, -0.05) is 275 Å². The van der Waals surface area contributed by atoms with Crippen molar-refractivity contribution < 1.29 is 72.2 Å². The van der Waals surface area contributed by atoms with Crippen LogP contribution in [0.3, 0.4) is 0 Å². The molecule has 1 unspecified atom stereocenters. The average Bonchev–Trinajstić information content (AvgIpc) is 0.844. The number of carboxylic acid groups (broad SMARTS) is 2. The third kappa shape index (κ3) is 44.1. The zero-order valence-corrected chi connectivity index (χ0v) is 80.8. The van der Waals surface area contributed by atoms with E-state index in [0.29, 0.717) is 51.4 Å². The molecule has 0 aromatic heterocycles. The summed E-state index contributed by atoms with van der Waals surface area (Å²) in [6.07, 6.45) is 52.0. The summed E-state index contributed by atoms with van der Waals surface area (Å²) in [5.74, 6) is -2.57. The number of rotatable bonds is 34. The Labute approximate surface area is 726 Å². The highest BCUT2D eigenvalue weighted by Gasteiger charge is 2.43. The molecule has 0 aliphatic heterocycles. The van der Waals surface area contributed by atoms with E-state index in [9.17, 15) is 39.0 Å². The number of aliphatic hydroxyl groups excluding tert-OH is 2. The zero-order chi connectivity index (χ0) is 80.8. The van der Waals surface area contributed by atoms with Gasteiger partial charge in [0, 0.05) is 29.5 Å². The Bertz CT molecular complexity index is 2440. The number of aliphatic hydroxyl groups is 2. The summed E-state index contributed by atoms with van der Waals surface area (Å²) >= 11 is 0. The van der Waals surface area contributed by atoms with Crippen LogP contribution in [0.5, 0.6) is 0 Å². The molecule has 0 heterocycles. The van der Waals surface area contributed by atoms with Gasteiger partial charge in [0.1, 0.15) is 18.3 Å². The van der Waals surface area contributed by atoms with Gasteiger partial charge in [0.2, 0.25) is 0 Å². The highest BCUT2D eigenvalue weighted by atomic mass is 31.0. The van der Waals surface area contributed by atoms with Gasteiger partial charge in [0.05, 0.1) is 97.6 Å². The Morgan fingerprint density at radius 1 is 0.278 bits per heavy atom. The summed E-state index contributed by atoms with van der Waals surface area (Å²) in [7, 11) is -3.54. The number of ether oxygens (including phenoxy) is 3. The second-order valence-electron chi connectivity index (χ2n) is 39.7. The largest absolute Gasteiger partial charge is 0.481 e. The van der Waals surface area contributed by atoms with Crippen molar-refractivity contribution in [3.8, 4) is 0 Å². The molecule has 4 N–H and O–H groups in total. The quantitative estimate of drug-likeness (QED) is 0.0155. The molecule has 0 bridgehead atoms. The van der Waals surface area contributed by atoms with Crippen LogP contribution in [-0.2, 0) is 47.5 Å². The minimum atomic E-state index is -1.18. The Kier molecular flexibility index (Phi) is 63.1. The standard InChI is InChI=1S/C34H64O4Si2.C21H38O4Si.2C13H28OSi.C8H13O4P.3CH4.3B.3H2/c1-7-9-11-25-39(3,4)31-21-17-29(18-22-31)37-33(35)27-13-15-28(16-14-27)34(36)38-30-19-23-32(24-20-30)40(5,6)26-12-10-8-2;1-4-5-6-15-26(2,3)19-13-11-18(12-14-19)25-21(24)17-9-7-16(8-10-17)20(22)23;2*1-4-5-6-11-15(2,3)13-9-7-12(14)8-10-13;9-7(10)5-1-3-6(4-2-5)8(11)12-13;;;;;;;;;/h27-32H,7-26H2,1-6H3;16-19H,4-15H2,1-3H3,(H,22,23);2*12-14H,4-11H2,1-3H3;5-6H,1-4,13H2,(H,9,10);3*1H4;;;;3*1H/i;;;;;;;;;;;3*1+1. The Balaban J connectivity index is -0.000000349. The minimum absolute atomic E-state index is 0. The van der Waals surface area contributed by atoms with E-state index in [1.54, 1.807) is 0 Å². The van der Waals surface area contributed by atoms with E-state index >= 15 is 0 Å². The van der Waals surface area contributed by atoms with Crippen LogP contribution < -0.4 is 0 Å².